The van der Waals surface area contributed by atoms with E-state index in [0.29, 0.717) is 5.65 Å². The van der Waals surface area contributed by atoms with Gasteiger partial charge < -0.3 is 9.68 Å². The second-order valence-corrected chi connectivity index (χ2v) is 4.20. The van der Waals surface area contributed by atoms with Gasteiger partial charge in [-0.2, -0.15) is 9.46 Å². The Morgan fingerprint density at radius 3 is 2.30 bits per heavy atom. The number of fused-ring (bicyclic) bond motifs is 2. The largest absolute Gasteiger partial charge is 0.416 e. The highest BCUT2D eigenvalue weighted by Gasteiger charge is 2.00. The van der Waals surface area contributed by atoms with Crippen LogP contribution in [0.3, 0.4) is 0 Å². The van der Waals surface area contributed by atoms with E-state index in [4.69, 9.17) is 9.68 Å². The number of pyridine rings is 2. The smallest absolute Gasteiger partial charge is 0.195 e. The lowest BCUT2D eigenvalue weighted by molar-refractivity contribution is 0.176. The molecular weight excluding hydrogens is 296 g/mol. The van der Waals surface area contributed by atoms with Gasteiger partial charge in [0.1, 0.15) is 37.9 Å². The van der Waals surface area contributed by atoms with Crippen LogP contribution in [0.15, 0.2) is 49.3 Å². The summed E-state index contributed by atoms with van der Waals surface area (Å²) in [5.74, 6) is 0. The van der Waals surface area contributed by atoms with Gasteiger partial charge in [0.25, 0.3) is 0 Å². The minimum atomic E-state index is 0. The highest BCUT2D eigenvalue weighted by molar-refractivity contribution is 5.70. The number of hydrogen-bond donors (Lipinski definition) is 0. The molecule has 0 fully saturated rings. The summed E-state index contributed by atoms with van der Waals surface area (Å²) in [5, 5.41) is 0. The van der Waals surface area contributed by atoms with E-state index >= 15 is 0 Å². The summed E-state index contributed by atoms with van der Waals surface area (Å²) in [5.41, 5.74) is 3.17. The second kappa shape index (κ2) is 7.21. The van der Waals surface area contributed by atoms with Gasteiger partial charge in [-0.15, -0.1) is 0 Å². The van der Waals surface area contributed by atoms with Crippen molar-refractivity contribution in [3.8, 4) is 0 Å². The SMILES string of the molecule is C.COn1cnc2cccnc21.COn1cnc2ncccc21. The average molecular weight is 314 g/mol. The molecular formula is C15H18N6O2. The van der Waals surface area contributed by atoms with Crippen molar-refractivity contribution in [2.45, 2.75) is 7.43 Å². The maximum absolute atomic E-state index is 4.98. The zero-order valence-electron chi connectivity index (χ0n) is 12.1. The van der Waals surface area contributed by atoms with Crippen molar-refractivity contribution >= 4 is 22.3 Å². The highest BCUT2D eigenvalue weighted by atomic mass is 16.6. The van der Waals surface area contributed by atoms with Crippen LogP contribution in [0.5, 0.6) is 0 Å². The minimum Gasteiger partial charge on any atom is -0.416 e. The Balaban J connectivity index is 0.000000160. The van der Waals surface area contributed by atoms with Crippen LogP contribution in [0, 0.1) is 0 Å². The number of hydrogen-bond acceptors (Lipinski definition) is 6. The fourth-order valence-corrected chi connectivity index (χ4v) is 1.94. The average Bonchev–Trinajstić information content (AvgIpc) is 3.19. The molecule has 0 aliphatic carbocycles. The van der Waals surface area contributed by atoms with Crippen molar-refractivity contribution in [2.24, 2.45) is 0 Å². The molecule has 0 radical (unpaired) electrons. The zero-order valence-corrected chi connectivity index (χ0v) is 12.1. The summed E-state index contributed by atoms with van der Waals surface area (Å²) >= 11 is 0. The molecule has 4 aromatic heterocycles. The van der Waals surface area contributed by atoms with E-state index in [0.717, 1.165) is 16.7 Å². The molecule has 0 saturated heterocycles. The monoisotopic (exact) mass is 314 g/mol. The molecule has 0 aromatic carbocycles. The molecule has 0 aliphatic heterocycles. The normalized spacial score (nSPS) is 9.83. The van der Waals surface area contributed by atoms with E-state index in [2.05, 4.69) is 19.9 Å². The molecule has 0 saturated carbocycles. The number of imidazole rings is 2. The van der Waals surface area contributed by atoms with E-state index < -0.39 is 0 Å². The summed E-state index contributed by atoms with van der Waals surface area (Å²) in [6.07, 6.45) is 6.60. The van der Waals surface area contributed by atoms with Crippen LogP contribution >= 0.6 is 0 Å². The first kappa shape index (κ1) is 16.2. The third kappa shape index (κ3) is 3.20. The number of rotatable bonds is 2. The lowest BCUT2D eigenvalue weighted by atomic mass is 10.4. The molecule has 4 heterocycles. The van der Waals surface area contributed by atoms with E-state index in [1.54, 1.807) is 44.0 Å². The lowest BCUT2D eigenvalue weighted by Gasteiger charge is -1.97. The van der Waals surface area contributed by atoms with Gasteiger partial charge in [0, 0.05) is 12.4 Å². The molecule has 0 spiro atoms. The summed E-state index contributed by atoms with van der Waals surface area (Å²) in [6.45, 7) is 0. The van der Waals surface area contributed by atoms with Crippen LogP contribution in [0.4, 0.5) is 0 Å². The zero-order chi connectivity index (χ0) is 15.4. The predicted molar refractivity (Wildman–Crippen MR) is 86.8 cm³/mol. The molecule has 0 N–H and O–H groups in total. The summed E-state index contributed by atoms with van der Waals surface area (Å²) < 4.78 is 3.09. The van der Waals surface area contributed by atoms with Crippen LogP contribution in [0.1, 0.15) is 7.43 Å². The molecule has 4 rings (SSSR count). The summed E-state index contributed by atoms with van der Waals surface area (Å²) in [6, 6.07) is 7.48. The first-order valence-corrected chi connectivity index (χ1v) is 6.48. The Hall–Kier alpha value is -3.16. The summed E-state index contributed by atoms with van der Waals surface area (Å²) in [7, 11) is 3.17. The Labute approximate surface area is 133 Å². The van der Waals surface area contributed by atoms with Gasteiger partial charge in [0.15, 0.2) is 11.3 Å². The molecule has 0 atom stereocenters. The molecule has 0 amide bonds. The molecule has 0 unspecified atom stereocenters. The first-order chi connectivity index (χ1) is 10.8. The van der Waals surface area contributed by atoms with E-state index in [9.17, 15) is 0 Å². The topological polar surface area (TPSA) is 79.9 Å². The van der Waals surface area contributed by atoms with E-state index in [1.807, 2.05) is 24.3 Å². The van der Waals surface area contributed by atoms with Gasteiger partial charge in [-0.05, 0) is 24.3 Å². The van der Waals surface area contributed by atoms with Crippen LogP contribution in [0.25, 0.3) is 22.3 Å². The number of nitrogens with zero attached hydrogens (tertiary/aromatic N) is 6. The quantitative estimate of drug-likeness (QED) is 0.559. The highest BCUT2D eigenvalue weighted by Crippen LogP contribution is 2.06. The molecule has 0 bridgehead atoms. The van der Waals surface area contributed by atoms with E-state index in [-0.39, 0.29) is 7.43 Å². The fourth-order valence-electron chi connectivity index (χ4n) is 1.94. The lowest BCUT2D eigenvalue weighted by Crippen LogP contribution is -2.03. The molecule has 23 heavy (non-hydrogen) atoms. The van der Waals surface area contributed by atoms with Crippen LogP contribution < -0.4 is 9.68 Å². The van der Waals surface area contributed by atoms with E-state index in [1.165, 1.54) is 4.73 Å². The Kier molecular flexibility index (Phi) is 5.08. The fraction of sp³-hybridized carbons (Fsp3) is 0.200. The van der Waals surface area contributed by atoms with Crippen molar-refractivity contribution in [1.29, 1.82) is 0 Å². The number of aromatic nitrogens is 6. The van der Waals surface area contributed by atoms with Gasteiger partial charge >= 0.3 is 0 Å². The summed E-state index contributed by atoms with van der Waals surface area (Å²) in [4.78, 5) is 26.1. The van der Waals surface area contributed by atoms with Gasteiger partial charge in [-0.25, -0.2) is 19.9 Å². The van der Waals surface area contributed by atoms with Crippen molar-refractivity contribution in [3.63, 3.8) is 0 Å². The standard InChI is InChI=1S/2C7H7N3O.CH4/c1-11-10-5-9-7-6(10)3-2-4-8-7;1-11-10-5-9-6-3-2-4-8-7(6)10;/h2*2-5H,1H3;1H4. The second-order valence-electron chi connectivity index (χ2n) is 4.20. The Morgan fingerprint density at radius 1 is 0.826 bits per heavy atom. The molecule has 8 heteroatoms. The van der Waals surface area contributed by atoms with Crippen molar-refractivity contribution < 1.29 is 9.68 Å². The van der Waals surface area contributed by atoms with Crippen LogP contribution in [-0.4, -0.2) is 43.6 Å². The molecule has 0 aliphatic rings. The predicted octanol–water partition coefficient (Wildman–Crippen LogP) is 1.62. The molecule has 120 valence electrons. The molecule has 4 aromatic rings. The van der Waals surface area contributed by atoms with Crippen LogP contribution in [0.2, 0.25) is 0 Å². The third-order valence-electron chi connectivity index (χ3n) is 2.96. The van der Waals surface area contributed by atoms with Crippen molar-refractivity contribution in [2.75, 3.05) is 14.2 Å². The van der Waals surface area contributed by atoms with Gasteiger partial charge in [-0.3, -0.25) is 0 Å². The third-order valence-corrected chi connectivity index (χ3v) is 2.96. The molecule has 8 nitrogen and oxygen atoms in total. The van der Waals surface area contributed by atoms with Gasteiger partial charge in [0.2, 0.25) is 0 Å². The van der Waals surface area contributed by atoms with Crippen LogP contribution in [-0.2, 0) is 0 Å². The van der Waals surface area contributed by atoms with Gasteiger partial charge in [0.05, 0.1) is 0 Å². The Morgan fingerprint density at radius 2 is 1.52 bits per heavy atom. The minimum absolute atomic E-state index is 0. The maximum Gasteiger partial charge on any atom is 0.195 e. The Bertz CT molecular complexity index is 812. The van der Waals surface area contributed by atoms with Gasteiger partial charge in [-0.1, -0.05) is 7.43 Å². The van der Waals surface area contributed by atoms with Crippen molar-refractivity contribution in [3.05, 3.63) is 49.3 Å². The maximum atomic E-state index is 4.98. The van der Waals surface area contributed by atoms with Crippen molar-refractivity contribution in [1.82, 2.24) is 29.4 Å². The first-order valence-electron chi connectivity index (χ1n) is 6.48.